The van der Waals surface area contributed by atoms with Crippen LogP contribution in [0.1, 0.15) is 12.7 Å². The van der Waals surface area contributed by atoms with Gasteiger partial charge in [-0.1, -0.05) is 18.7 Å². The first kappa shape index (κ1) is 16.1. The SMILES string of the molecule is CCc1nc(SCC(=O)Nc2cc3c(cc2Br)OCCO3)n[nH]1. The van der Waals surface area contributed by atoms with E-state index in [9.17, 15) is 4.79 Å². The van der Waals surface area contributed by atoms with Crippen molar-refractivity contribution in [1.82, 2.24) is 15.2 Å². The van der Waals surface area contributed by atoms with Crippen molar-refractivity contribution in [3.05, 3.63) is 22.4 Å². The van der Waals surface area contributed by atoms with Gasteiger partial charge in [-0.25, -0.2) is 4.98 Å². The highest BCUT2D eigenvalue weighted by molar-refractivity contribution is 9.10. The van der Waals surface area contributed by atoms with Crippen LogP contribution in [0.15, 0.2) is 21.8 Å². The van der Waals surface area contributed by atoms with Gasteiger partial charge in [0.2, 0.25) is 11.1 Å². The molecule has 0 spiro atoms. The summed E-state index contributed by atoms with van der Waals surface area (Å²) in [5.74, 6) is 2.19. The number of anilines is 1. The van der Waals surface area contributed by atoms with Crippen LogP contribution in [0.4, 0.5) is 5.69 Å². The minimum atomic E-state index is -0.143. The number of aromatic nitrogens is 3. The van der Waals surface area contributed by atoms with Gasteiger partial charge >= 0.3 is 0 Å². The fourth-order valence-electron chi connectivity index (χ4n) is 1.98. The minimum Gasteiger partial charge on any atom is -0.486 e. The van der Waals surface area contributed by atoms with Crippen LogP contribution >= 0.6 is 27.7 Å². The summed E-state index contributed by atoms with van der Waals surface area (Å²) < 4.78 is 11.8. The van der Waals surface area contributed by atoms with E-state index in [0.717, 1.165) is 16.7 Å². The van der Waals surface area contributed by atoms with Crippen molar-refractivity contribution in [1.29, 1.82) is 0 Å². The number of thioether (sulfide) groups is 1. The van der Waals surface area contributed by atoms with Gasteiger partial charge in [-0.2, -0.15) is 0 Å². The van der Waals surface area contributed by atoms with E-state index in [1.807, 2.05) is 6.92 Å². The molecular formula is C14H15BrN4O3S. The first-order valence-corrected chi connectivity index (χ1v) is 8.86. The van der Waals surface area contributed by atoms with E-state index in [1.54, 1.807) is 12.1 Å². The molecule has 1 aromatic carbocycles. The summed E-state index contributed by atoms with van der Waals surface area (Å²) >= 11 is 4.71. The second-order valence-electron chi connectivity index (χ2n) is 4.73. The second-order valence-corrected chi connectivity index (χ2v) is 6.53. The van der Waals surface area contributed by atoms with E-state index in [0.29, 0.717) is 35.6 Å². The zero-order valence-electron chi connectivity index (χ0n) is 12.4. The van der Waals surface area contributed by atoms with Crippen LogP contribution in [-0.2, 0) is 11.2 Å². The summed E-state index contributed by atoms with van der Waals surface area (Å²) in [5, 5.41) is 10.3. The number of hydrogen-bond acceptors (Lipinski definition) is 6. The number of amides is 1. The molecule has 0 saturated heterocycles. The standard InChI is InChI=1S/C14H15BrN4O3S/c1-2-12-17-14(19-18-12)23-7-13(20)16-9-6-11-10(5-8(9)15)21-3-4-22-11/h5-6H,2-4,7H2,1H3,(H,16,20)(H,17,18,19). The van der Waals surface area contributed by atoms with Crippen LogP contribution in [0.3, 0.4) is 0 Å². The van der Waals surface area contributed by atoms with Crippen molar-refractivity contribution in [3.63, 3.8) is 0 Å². The molecule has 122 valence electrons. The monoisotopic (exact) mass is 398 g/mol. The third-order valence-corrected chi connectivity index (χ3v) is 4.59. The predicted octanol–water partition coefficient (Wildman–Crippen LogP) is 2.63. The Labute approximate surface area is 145 Å². The number of fused-ring (bicyclic) bond motifs is 1. The molecule has 3 rings (SSSR count). The maximum Gasteiger partial charge on any atom is 0.234 e. The van der Waals surface area contributed by atoms with E-state index in [2.05, 4.69) is 36.4 Å². The van der Waals surface area contributed by atoms with Crippen LogP contribution < -0.4 is 14.8 Å². The maximum absolute atomic E-state index is 12.1. The molecule has 1 aromatic heterocycles. The molecule has 0 aliphatic carbocycles. The number of rotatable bonds is 5. The molecule has 1 amide bonds. The van der Waals surface area contributed by atoms with Crippen molar-refractivity contribution in [2.24, 2.45) is 0 Å². The Hall–Kier alpha value is -1.74. The highest BCUT2D eigenvalue weighted by Crippen LogP contribution is 2.38. The van der Waals surface area contributed by atoms with Gasteiger partial charge in [-0.3, -0.25) is 9.89 Å². The lowest BCUT2D eigenvalue weighted by atomic mass is 10.2. The van der Waals surface area contributed by atoms with Crippen LogP contribution in [0.5, 0.6) is 11.5 Å². The van der Waals surface area contributed by atoms with Crippen molar-refractivity contribution >= 4 is 39.3 Å². The smallest absolute Gasteiger partial charge is 0.234 e. The fraction of sp³-hybridized carbons (Fsp3) is 0.357. The Bertz CT molecular complexity index is 722. The molecule has 23 heavy (non-hydrogen) atoms. The van der Waals surface area contributed by atoms with E-state index in [-0.39, 0.29) is 11.7 Å². The molecule has 9 heteroatoms. The number of ether oxygens (including phenoxy) is 2. The summed E-state index contributed by atoms with van der Waals surface area (Å²) in [7, 11) is 0. The van der Waals surface area contributed by atoms with Crippen LogP contribution in [0.2, 0.25) is 0 Å². The van der Waals surface area contributed by atoms with Crippen molar-refractivity contribution in [2.45, 2.75) is 18.5 Å². The summed E-state index contributed by atoms with van der Waals surface area (Å²) in [6, 6.07) is 3.54. The van der Waals surface area contributed by atoms with Crippen LogP contribution in [0, 0.1) is 0 Å². The molecule has 2 N–H and O–H groups in total. The average Bonchev–Trinajstić information content (AvgIpc) is 3.02. The summed E-state index contributed by atoms with van der Waals surface area (Å²) in [4.78, 5) is 16.3. The molecule has 0 radical (unpaired) electrons. The number of nitrogens with zero attached hydrogens (tertiary/aromatic N) is 2. The normalized spacial score (nSPS) is 13.0. The largest absolute Gasteiger partial charge is 0.486 e. The lowest BCUT2D eigenvalue weighted by molar-refractivity contribution is -0.113. The molecule has 2 heterocycles. The fourth-order valence-corrected chi connectivity index (χ4v) is 3.02. The van der Waals surface area contributed by atoms with E-state index < -0.39 is 0 Å². The number of benzene rings is 1. The van der Waals surface area contributed by atoms with E-state index in [1.165, 1.54) is 11.8 Å². The molecule has 1 aliphatic rings. The zero-order valence-corrected chi connectivity index (χ0v) is 14.8. The van der Waals surface area contributed by atoms with Gasteiger partial charge in [-0.15, -0.1) is 5.10 Å². The predicted molar refractivity (Wildman–Crippen MR) is 90.2 cm³/mol. The zero-order chi connectivity index (χ0) is 16.2. The van der Waals surface area contributed by atoms with Gasteiger partial charge in [0, 0.05) is 23.0 Å². The third-order valence-electron chi connectivity index (χ3n) is 3.08. The lowest BCUT2D eigenvalue weighted by Crippen LogP contribution is -2.17. The summed E-state index contributed by atoms with van der Waals surface area (Å²) in [6.07, 6.45) is 0.782. The van der Waals surface area contributed by atoms with Gasteiger partial charge in [0.15, 0.2) is 11.5 Å². The minimum absolute atomic E-state index is 0.143. The van der Waals surface area contributed by atoms with Gasteiger partial charge in [-0.05, 0) is 15.9 Å². The van der Waals surface area contributed by atoms with E-state index >= 15 is 0 Å². The number of nitrogens with one attached hydrogen (secondary N) is 2. The summed E-state index contributed by atoms with van der Waals surface area (Å²) in [5.41, 5.74) is 0.643. The average molecular weight is 399 g/mol. The van der Waals surface area contributed by atoms with E-state index in [4.69, 9.17) is 9.47 Å². The molecule has 0 atom stereocenters. The molecule has 0 saturated carbocycles. The first-order chi connectivity index (χ1) is 11.2. The number of carbonyl (C=O) groups excluding carboxylic acids is 1. The van der Waals surface area contributed by atoms with Gasteiger partial charge in [0.05, 0.1) is 11.4 Å². The molecule has 0 fully saturated rings. The topological polar surface area (TPSA) is 89.1 Å². The second kappa shape index (κ2) is 7.22. The third kappa shape index (κ3) is 3.97. The van der Waals surface area contributed by atoms with Crippen molar-refractivity contribution in [2.75, 3.05) is 24.3 Å². The molecular weight excluding hydrogens is 384 g/mol. The molecule has 2 aromatic rings. The number of aromatic amines is 1. The number of carbonyl (C=O) groups is 1. The van der Waals surface area contributed by atoms with Crippen molar-refractivity contribution in [3.8, 4) is 11.5 Å². The Balaban J connectivity index is 1.61. The quantitative estimate of drug-likeness (QED) is 0.752. The Morgan fingerprint density at radius 1 is 1.39 bits per heavy atom. The first-order valence-electron chi connectivity index (χ1n) is 7.08. The highest BCUT2D eigenvalue weighted by atomic mass is 79.9. The molecule has 0 bridgehead atoms. The maximum atomic E-state index is 12.1. The van der Waals surface area contributed by atoms with Crippen molar-refractivity contribution < 1.29 is 14.3 Å². The van der Waals surface area contributed by atoms with Gasteiger partial charge in [0.1, 0.15) is 19.0 Å². The Morgan fingerprint density at radius 2 is 2.13 bits per heavy atom. The van der Waals surface area contributed by atoms with Gasteiger partial charge < -0.3 is 14.8 Å². The number of H-pyrrole nitrogens is 1. The highest BCUT2D eigenvalue weighted by Gasteiger charge is 2.16. The number of halogens is 1. The van der Waals surface area contributed by atoms with Crippen LogP contribution in [-0.4, -0.2) is 40.1 Å². The number of hydrogen-bond donors (Lipinski definition) is 2. The molecule has 7 nitrogen and oxygen atoms in total. The lowest BCUT2D eigenvalue weighted by Gasteiger charge is -2.20. The molecule has 1 aliphatic heterocycles. The summed E-state index contributed by atoms with van der Waals surface area (Å²) in [6.45, 7) is 3.02. The van der Waals surface area contributed by atoms with Gasteiger partial charge in [0.25, 0.3) is 0 Å². The van der Waals surface area contributed by atoms with Crippen LogP contribution in [0.25, 0.3) is 0 Å². The Morgan fingerprint density at radius 3 is 2.83 bits per heavy atom. The Kier molecular flexibility index (Phi) is 5.06. The molecule has 0 unspecified atom stereocenters. The number of aryl methyl sites for hydroxylation is 1.